The summed E-state index contributed by atoms with van der Waals surface area (Å²) in [5.74, 6) is 0.301. The highest BCUT2D eigenvalue weighted by atomic mass is 35.5. The van der Waals surface area contributed by atoms with Gasteiger partial charge in [-0.05, 0) is 39.2 Å². The van der Waals surface area contributed by atoms with Crippen LogP contribution in [-0.2, 0) is 4.79 Å². The second-order valence-corrected chi connectivity index (χ2v) is 5.48. The molecule has 2 heterocycles. The van der Waals surface area contributed by atoms with E-state index >= 15 is 0 Å². The van der Waals surface area contributed by atoms with Gasteiger partial charge in [0.25, 0.3) is 0 Å². The van der Waals surface area contributed by atoms with Gasteiger partial charge in [0.15, 0.2) is 0 Å². The second-order valence-electron chi connectivity index (χ2n) is 5.48. The number of likely N-dealkylation sites (tertiary alicyclic amines) is 2. The fraction of sp³-hybridized carbons (Fsp3) is 0.923. The monoisotopic (exact) mass is 275 g/mol. The van der Waals surface area contributed by atoms with Gasteiger partial charge in [-0.3, -0.25) is 9.69 Å². The van der Waals surface area contributed by atoms with E-state index in [1.54, 1.807) is 0 Å². The summed E-state index contributed by atoms with van der Waals surface area (Å²) in [5.41, 5.74) is 6.02. The molecule has 0 spiro atoms. The minimum Gasteiger partial charge on any atom is -0.342 e. The molecule has 5 heteroatoms. The van der Waals surface area contributed by atoms with Crippen LogP contribution >= 0.6 is 12.4 Å². The van der Waals surface area contributed by atoms with Gasteiger partial charge in [0.1, 0.15) is 0 Å². The van der Waals surface area contributed by atoms with Crippen molar-refractivity contribution in [2.45, 2.75) is 51.1 Å². The normalized spacial score (nSPS) is 26.8. The molecule has 0 aromatic carbocycles. The van der Waals surface area contributed by atoms with Crippen LogP contribution in [0.4, 0.5) is 0 Å². The second kappa shape index (κ2) is 7.31. The summed E-state index contributed by atoms with van der Waals surface area (Å²) in [6, 6.07) is 0.567. The molecule has 2 fully saturated rings. The van der Waals surface area contributed by atoms with Crippen molar-refractivity contribution in [1.29, 1.82) is 0 Å². The zero-order chi connectivity index (χ0) is 12.3. The van der Waals surface area contributed by atoms with Gasteiger partial charge in [0, 0.05) is 25.2 Å². The molecule has 0 radical (unpaired) electrons. The number of rotatable bonds is 3. The van der Waals surface area contributed by atoms with E-state index in [0.717, 1.165) is 26.1 Å². The van der Waals surface area contributed by atoms with Crippen LogP contribution in [0.25, 0.3) is 0 Å². The number of halogens is 1. The maximum absolute atomic E-state index is 12.1. The van der Waals surface area contributed by atoms with Gasteiger partial charge in [0.05, 0.1) is 6.54 Å². The summed E-state index contributed by atoms with van der Waals surface area (Å²) in [6.45, 7) is 5.58. The molecule has 0 aromatic heterocycles. The van der Waals surface area contributed by atoms with Crippen LogP contribution in [0.15, 0.2) is 0 Å². The van der Waals surface area contributed by atoms with Crippen LogP contribution in [0, 0.1) is 0 Å². The Morgan fingerprint density at radius 1 is 1.22 bits per heavy atom. The minimum atomic E-state index is 0. The molecular weight excluding hydrogens is 250 g/mol. The van der Waals surface area contributed by atoms with Crippen LogP contribution in [0.5, 0.6) is 0 Å². The molecule has 106 valence electrons. The maximum atomic E-state index is 12.1. The van der Waals surface area contributed by atoms with Crippen LogP contribution in [0.3, 0.4) is 0 Å². The Kier molecular flexibility index (Phi) is 6.39. The van der Waals surface area contributed by atoms with E-state index in [2.05, 4.69) is 11.8 Å². The first kappa shape index (κ1) is 15.7. The molecular formula is C13H26ClN3O. The number of carbonyl (C=O) groups is 1. The Hall–Kier alpha value is -0.320. The van der Waals surface area contributed by atoms with Crippen molar-refractivity contribution in [3.05, 3.63) is 0 Å². The van der Waals surface area contributed by atoms with Gasteiger partial charge in [-0.15, -0.1) is 12.4 Å². The Bertz CT molecular complexity index is 267. The van der Waals surface area contributed by atoms with Crippen LogP contribution in [0.2, 0.25) is 0 Å². The number of amides is 1. The Morgan fingerprint density at radius 3 is 2.44 bits per heavy atom. The molecule has 18 heavy (non-hydrogen) atoms. The van der Waals surface area contributed by atoms with E-state index in [4.69, 9.17) is 5.73 Å². The minimum absolute atomic E-state index is 0. The standard InChI is InChI=1S/C13H25N3O.ClH/c1-11(14)12-6-2-3-9-16(12)10-13(17)15-7-4-5-8-15;/h11-12H,2-10,14H2,1H3;1H. The first-order valence-corrected chi connectivity index (χ1v) is 6.96. The van der Waals surface area contributed by atoms with Gasteiger partial charge in [-0.2, -0.15) is 0 Å². The van der Waals surface area contributed by atoms with E-state index in [-0.39, 0.29) is 18.4 Å². The molecule has 4 nitrogen and oxygen atoms in total. The fourth-order valence-electron chi connectivity index (χ4n) is 3.05. The number of piperidine rings is 1. The molecule has 2 saturated heterocycles. The largest absolute Gasteiger partial charge is 0.342 e. The molecule has 2 aliphatic heterocycles. The molecule has 0 bridgehead atoms. The summed E-state index contributed by atoms with van der Waals surface area (Å²) >= 11 is 0. The average Bonchev–Trinajstić information content (AvgIpc) is 2.83. The predicted octanol–water partition coefficient (Wildman–Crippen LogP) is 1.23. The molecule has 2 atom stereocenters. The molecule has 0 aliphatic carbocycles. The van der Waals surface area contributed by atoms with Crippen molar-refractivity contribution in [2.24, 2.45) is 5.73 Å². The van der Waals surface area contributed by atoms with Crippen LogP contribution in [0.1, 0.15) is 39.0 Å². The number of carbonyl (C=O) groups excluding carboxylic acids is 1. The third kappa shape index (κ3) is 3.84. The first-order valence-electron chi connectivity index (χ1n) is 6.96. The maximum Gasteiger partial charge on any atom is 0.236 e. The third-order valence-corrected chi connectivity index (χ3v) is 4.07. The number of hydrogen-bond donors (Lipinski definition) is 1. The number of hydrogen-bond acceptors (Lipinski definition) is 3. The lowest BCUT2D eigenvalue weighted by atomic mass is 9.97. The summed E-state index contributed by atoms with van der Waals surface area (Å²) in [4.78, 5) is 16.4. The topological polar surface area (TPSA) is 49.6 Å². The van der Waals surface area contributed by atoms with Gasteiger partial charge in [-0.25, -0.2) is 0 Å². The van der Waals surface area contributed by atoms with Gasteiger partial charge < -0.3 is 10.6 Å². The van der Waals surface area contributed by atoms with E-state index in [0.29, 0.717) is 18.5 Å². The van der Waals surface area contributed by atoms with Crippen molar-refractivity contribution < 1.29 is 4.79 Å². The molecule has 2 aliphatic rings. The molecule has 2 unspecified atom stereocenters. The molecule has 0 aromatic rings. The predicted molar refractivity (Wildman–Crippen MR) is 75.9 cm³/mol. The van der Waals surface area contributed by atoms with Crippen molar-refractivity contribution in [3.63, 3.8) is 0 Å². The first-order chi connectivity index (χ1) is 8.18. The molecule has 2 rings (SSSR count). The van der Waals surface area contributed by atoms with E-state index < -0.39 is 0 Å². The summed E-state index contributed by atoms with van der Waals surface area (Å²) in [7, 11) is 0. The van der Waals surface area contributed by atoms with Gasteiger partial charge in [-0.1, -0.05) is 6.42 Å². The Morgan fingerprint density at radius 2 is 1.83 bits per heavy atom. The van der Waals surface area contributed by atoms with Crippen molar-refractivity contribution >= 4 is 18.3 Å². The van der Waals surface area contributed by atoms with Crippen molar-refractivity contribution in [2.75, 3.05) is 26.2 Å². The summed E-state index contributed by atoms with van der Waals surface area (Å²) < 4.78 is 0. The van der Waals surface area contributed by atoms with Crippen LogP contribution in [-0.4, -0.2) is 54.0 Å². The highest BCUT2D eigenvalue weighted by Crippen LogP contribution is 2.19. The van der Waals surface area contributed by atoms with Crippen LogP contribution < -0.4 is 5.73 Å². The summed E-state index contributed by atoms with van der Waals surface area (Å²) in [6.07, 6.45) is 5.94. The lowest BCUT2D eigenvalue weighted by Crippen LogP contribution is -2.52. The zero-order valence-corrected chi connectivity index (χ0v) is 12.1. The average molecular weight is 276 g/mol. The van der Waals surface area contributed by atoms with E-state index in [1.165, 1.54) is 25.7 Å². The van der Waals surface area contributed by atoms with Gasteiger partial charge in [0.2, 0.25) is 5.91 Å². The summed E-state index contributed by atoms with van der Waals surface area (Å²) in [5, 5.41) is 0. The van der Waals surface area contributed by atoms with E-state index in [1.807, 2.05) is 4.90 Å². The van der Waals surface area contributed by atoms with Crippen molar-refractivity contribution in [3.8, 4) is 0 Å². The Balaban J connectivity index is 0.00000162. The third-order valence-electron chi connectivity index (χ3n) is 4.07. The molecule has 2 N–H and O–H groups in total. The molecule has 1 amide bonds. The number of nitrogens with two attached hydrogens (primary N) is 1. The van der Waals surface area contributed by atoms with Gasteiger partial charge >= 0.3 is 0 Å². The highest BCUT2D eigenvalue weighted by Gasteiger charge is 2.28. The quantitative estimate of drug-likeness (QED) is 0.843. The van der Waals surface area contributed by atoms with Crippen molar-refractivity contribution in [1.82, 2.24) is 9.80 Å². The lowest BCUT2D eigenvalue weighted by molar-refractivity contribution is -0.132. The lowest BCUT2D eigenvalue weighted by Gasteiger charge is -2.38. The smallest absolute Gasteiger partial charge is 0.236 e. The number of nitrogens with zero attached hydrogens (tertiary/aromatic N) is 2. The van der Waals surface area contributed by atoms with E-state index in [9.17, 15) is 4.79 Å². The molecule has 0 saturated carbocycles. The Labute approximate surface area is 116 Å². The SMILES string of the molecule is CC(N)C1CCCCN1CC(=O)N1CCCC1.Cl. The fourth-order valence-corrected chi connectivity index (χ4v) is 3.05. The zero-order valence-electron chi connectivity index (χ0n) is 11.3. The highest BCUT2D eigenvalue weighted by molar-refractivity contribution is 5.85.